The maximum atomic E-state index is 11.7. The Kier molecular flexibility index (Phi) is 4.60. The third-order valence-corrected chi connectivity index (χ3v) is 6.99. The summed E-state index contributed by atoms with van der Waals surface area (Å²) in [6.07, 6.45) is 10.5. The van der Waals surface area contributed by atoms with Gasteiger partial charge in [0.25, 0.3) is 0 Å². The van der Waals surface area contributed by atoms with Crippen molar-refractivity contribution in [1.29, 1.82) is 0 Å². The van der Waals surface area contributed by atoms with E-state index >= 15 is 0 Å². The number of fused-ring (bicyclic) bond motifs is 1. The predicted molar refractivity (Wildman–Crippen MR) is 88.9 cm³/mol. The van der Waals surface area contributed by atoms with Crippen LogP contribution in [0.1, 0.15) is 51.5 Å². The maximum absolute atomic E-state index is 11.7. The first-order valence-electron chi connectivity index (χ1n) is 8.98. The topological polar surface area (TPSA) is 73.5 Å². The van der Waals surface area contributed by atoms with Crippen molar-refractivity contribution < 1.29 is 19.4 Å². The third-order valence-electron chi connectivity index (χ3n) is 6.99. The van der Waals surface area contributed by atoms with Crippen LogP contribution in [0.25, 0.3) is 0 Å². The average molecular weight is 331 g/mol. The SMILES string of the molecule is C[C@@H]1CC[C@]2(CO)C(C(=O)[O-])=CCC[C@@H]2[C@@]1(C)CCc1ccoc1. The number of rotatable bonds is 5. The number of carboxylic acids is 1. The van der Waals surface area contributed by atoms with Gasteiger partial charge in [0.2, 0.25) is 0 Å². The number of furan rings is 1. The summed E-state index contributed by atoms with van der Waals surface area (Å²) in [4.78, 5) is 11.7. The van der Waals surface area contributed by atoms with E-state index in [-0.39, 0.29) is 17.9 Å². The fourth-order valence-corrected chi connectivity index (χ4v) is 5.31. The molecule has 0 spiro atoms. The highest BCUT2D eigenvalue weighted by Crippen LogP contribution is 2.61. The van der Waals surface area contributed by atoms with E-state index in [1.54, 1.807) is 18.6 Å². The van der Waals surface area contributed by atoms with Crippen LogP contribution in [0.2, 0.25) is 0 Å². The molecule has 0 unspecified atom stereocenters. The monoisotopic (exact) mass is 331 g/mol. The van der Waals surface area contributed by atoms with E-state index in [9.17, 15) is 15.0 Å². The molecule has 4 nitrogen and oxygen atoms in total. The van der Waals surface area contributed by atoms with Gasteiger partial charge < -0.3 is 19.4 Å². The van der Waals surface area contributed by atoms with Crippen LogP contribution in [0.15, 0.2) is 34.7 Å². The van der Waals surface area contributed by atoms with Crippen molar-refractivity contribution in [2.45, 2.75) is 52.4 Å². The van der Waals surface area contributed by atoms with E-state index in [1.807, 2.05) is 6.07 Å². The van der Waals surface area contributed by atoms with Crippen LogP contribution < -0.4 is 5.11 Å². The smallest absolute Gasteiger partial charge is 0.0934 e. The van der Waals surface area contributed by atoms with Crippen molar-refractivity contribution in [3.63, 3.8) is 0 Å². The van der Waals surface area contributed by atoms with Gasteiger partial charge in [-0.25, -0.2) is 0 Å². The molecule has 1 heterocycles. The largest absolute Gasteiger partial charge is 0.545 e. The first-order valence-corrected chi connectivity index (χ1v) is 8.98. The Bertz CT molecular complexity index is 618. The van der Waals surface area contributed by atoms with Crippen molar-refractivity contribution in [3.8, 4) is 0 Å². The molecular weight excluding hydrogens is 304 g/mol. The normalized spacial score (nSPS) is 36.0. The molecule has 4 atom stereocenters. The summed E-state index contributed by atoms with van der Waals surface area (Å²) < 4.78 is 5.18. The van der Waals surface area contributed by atoms with Gasteiger partial charge >= 0.3 is 0 Å². The summed E-state index contributed by atoms with van der Waals surface area (Å²) in [5.74, 6) is -0.445. The summed E-state index contributed by atoms with van der Waals surface area (Å²) in [6.45, 7) is 4.45. The molecule has 24 heavy (non-hydrogen) atoms. The van der Waals surface area contributed by atoms with E-state index in [4.69, 9.17) is 4.42 Å². The number of aliphatic carboxylic acids is 1. The van der Waals surface area contributed by atoms with Crippen LogP contribution in [0.3, 0.4) is 0 Å². The summed E-state index contributed by atoms with van der Waals surface area (Å²) in [5.41, 5.74) is 0.861. The number of carbonyl (C=O) groups excluding carboxylic acids is 1. The lowest BCUT2D eigenvalue weighted by atomic mass is 9.46. The second-order valence-corrected chi connectivity index (χ2v) is 7.93. The second kappa shape index (κ2) is 6.40. The van der Waals surface area contributed by atoms with Gasteiger partial charge in [0, 0.05) is 5.41 Å². The van der Waals surface area contributed by atoms with Crippen LogP contribution in [0.4, 0.5) is 0 Å². The highest BCUT2D eigenvalue weighted by molar-refractivity contribution is 5.87. The van der Waals surface area contributed by atoms with Gasteiger partial charge in [-0.3, -0.25) is 0 Å². The average Bonchev–Trinajstić information content (AvgIpc) is 3.09. The zero-order chi connectivity index (χ0) is 17.4. The molecule has 4 heteroatoms. The minimum atomic E-state index is -1.11. The summed E-state index contributed by atoms with van der Waals surface area (Å²) in [5, 5.41) is 21.9. The summed E-state index contributed by atoms with van der Waals surface area (Å²) in [7, 11) is 0. The van der Waals surface area contributed by atoms with Crippen molar-refractivity contribution >= 4 is 5.97 Å². The molecule has 1 aromatic heterocycles. The Hall–Kier alpha value is -1.55. The van der Waals surface area contributed by atoms with Gasteiger partial charge in [0.05, 0.1) is 25.1 Å². The Balaban J connectivity index is 1.93. The lowest BCUT2D eigenvalue weighted by molar-refractivity contribution is -0.302. The number of hydrogen-bond acceptors (Lipinski definition) is 4. The molecule has 1 aromatic rings. The molecule has 2 aliphatic carbocycles. The Labute approximate surface area is 143 Å². The predicted octanol–water partition coefficient (Wildman–Crippen LogP) is 2.71. The fraction of sp³-hybridized carbons (Fsp3) is 0.650. The molecule has 0 aliphatic heterocycles. The van der Waals surface area contributed by atoms with Gasteiger partial charge in [0.1, 0.15) is 0 Å². The van der Waals surface area contributed by atoms with Gasteiger partial charge in [-0.2, -0.15) is 0 Å². The highest BCUT2D eigenvalue weighted by atomic mass is 16.4. The molecule has 0 amide bonds. The van der Waals surface area contributed by atoms with Crippen LogP contribution >= 0.6 is 0 Å². The standard InChI is InChI=1S/C20H28O4/c1-14-6-10-20(13-21)16(18(22)23)4-3-5-17(20)19(14,2)9-7-15-8-11-24-12-15/h4,8,11-12,14,17,21H,3,5-7,9-10,13H2,1-2H3,(H,22,23)/p-1/t14-,17-,19+,20+/m1/s1. The first-order chi connectivity index (χ1) is 11.4. The van der Waals surface area contributed by atoms with Crippen LogP contribution in [-0.4, -0.2) is 17.7 Å². The van der Waals surface area contributed by atoms with Crippen molar-refractivity contribution in [2.75, 3.05) is 6.61 Å². The van der Waals surface area contributed by atoms with E-state index in [0.29, 0.717) is 11.5 Å². The Morgan fingerprint density at radius 2 is 2.25 bits per heavy atom. The molecule has 132 valence electrons. The first kappa shape index (κ1) is 17.3. The zero-order valence-electron chi connectivity index (χ0n) is 14.6. The van der Waals surface area contributed by atoms with Crippen LogP contribution in [0.5, 0.6) is 0 Å². The molecule has 0 saturated heterocycles. The third kappa shape index (κ3) is 2.61. The van der Waals surface area contributed by atoms with Gasteiger partial charge in [0.15, 0.2) is 0 Å². The van der Waals surface area contributed by atoms with Crippen LogP contribution in [0, 0.1) is 22.7 Å². The number of aryl methyl sites for hydroxylation is 1. The molecule has 0 radical (unpaired) electrons. The summed E-state index contributed by atoms with van der Waals surface area (Å²) >= 11 is 0. The minimum Gasteiger partial charge on any atom is -0.545 e. The summed E-state index contributed by atoms with van der Waals surface area (Å²) in [6, 6.07) is 1.99. The maximum Gasteiger partial charge on any atom is 0.0934 e. The van der Waals surface area contributed by atoms with Gasteiger partial charge in [-0.05, 0) is 73.0 Å². The van der Waals surface area contributed by atoms with Gasteiger partial charge in [-0.1, -0.05) is 19.9 Å². The van der Waals surface area contributed by atoms with Gasteiger partial charge in [-0.15, -0.1) is 0 Å². The van der Waals surface area contributed by atoms with Crippen molar-refractivity contribution in [1.82, 2.24) is 0 Å². The van der Waals surface area contributed by atoms with Crippen molar-refractivity contribution in [3.05, 3.63) is 35.8 Å². The molecule has 0 aromatic carbocycles. The number of allylic oxidation sites excluding steroid dienone is 1. The number of aliphatic hydroxyl groups excluding tert-OH is 1. The molecule has 1 saturated carbocycles. The van der Waals surface area contributed by atoms with E-state index < -0.39 is 11.4 Å². The zero-order valence-corrected chi connectivity index (χ0v) is 14.6. The fourth-order valence-electron chi connectivity index (χ4n) is 5.31. The molecule has 3 rings (SSSR count). The molecule has 1 N–H and O–H groups in total. The number of aliphatic hydroxyl groups is 1. The minimum absolute atomic E-state index is 0.00674. The highest BCUT2D eigenvalue weighted by Gasteiger charge is 2.56. The lowest BCUT2D eigenvalue weighted by Gasteiger charge is -2.59. The second-order valence-electron chi connectivity index (χ2n) is 7.93. The molecule has 2 aliphatic rings. The Morgan fingerprint density at radius 1 is 1.46 bits per heavy atom. The lowest BCUT2D eigenvalue weighted by Crippen LogP contribution is -2.55. The quantitative estimate of drug-likeness (QED) is 0.900. The number of carboxylic acid groups (broad SMARTS) is 1. The number of hydrogen-bond donors (Lipinski definition) is 1. The Morgan fingerprint density at radius 3 is 2.88 bits per heavy atom. The van der Waals surface area contributed by atoms with Crippen molar-refractivity contribution in [2.24, 2.45) is 22.7 Å². The van der Waals surface area contributed by atoms with E-state index in [0.717, 1.165) is 38.5 Å². The number of carbonyl (C=O) groups is 1. The molecule has 0 bridgehead atoms. The molecular formula is C20H27O4-. The van der Waals surface area contributed by atoms with E-state index in [1.165, 1.54) is 5.56 Å². The molecule has 1 fully saturated rings. The van der Waals surface area contributed by atoms with E-state index in [2.05, 4.69) is 13.8 Å². The van der Waals surface area contributed by atoms with Crippen LogP contribution in [-0.2, 0) is 11.2 Å².